The van der Waals surface area contributed by atoms with Crippen LogP contribution in [0.2, 0.25) is 5.02 Å². The van der Waals surface area contributed by atoms with Crippen LogP contribution in [0.5, 0.6) is 11.5 Å². The smallest absolute Gasteiger partial charge is 0.305 e. The number of nitrogens with one attached hydrogen (secondary N) is 1. The lowest BCUT2D eigenvalue weighted by Gasteiger charge is -2.36. The highest BCUT2D eigenvalue weighted by Gasteiger charge is 2.35. The average Bonchev–Trinajstić information content (AvgIpc) is 2.66. The Morgan fingerprint density at radius 1 is 1.18 bits per heavy atom. The highest BCUT2D eigenvalue weighted by atomic mass is 35.5. The number of carbonyl (C=O) groups excluding carboxylic acids is 2. The Hall–Kier alpha value is -3.26. The number of hydrogen-bond donors (Lipinski definition) is 2. The minimum atomic E-state index is -1.05. The van der Waals surface area contributed by atoms with Crippen molar-refractivity contribution in [3.63, 3.8) is 0 Å². The molecule has 0 radical (unpaired) electrons. The number of amides is 2. The number of halogens is 1. The summed E-state index contributed by atoms with van der Waals surface area (Å²) in [7, 11) is 0. The van der Waals surface area contributed by atoms with E-state index in [-0.39, 0.29) is 31.1 Å². The quantitative estimate of drug-likeness (QED) is 0.817. The number of carboxylic acid groups (broad SMARTS) is 1. The highest BCUT2D eigenvalue weighted by molar-refractivity contribution is 6.31. The highest BCUT2D eigenvalue weighted by Crippen LogP contribution is 2.38. The summed E-state index contributed by atoms with van der Waals surface area (Å²) in [6, 6.07) is 8.78. The van der Waals surface area contributed by atoms with E-state index >= 15 is 0 Å². The maximum atomic E-state index is 13.3. The first-order chi connectivity index (χ1) is 13.4. The van der Waals surface area contributed by atoms with Crippen molar-refractivity contribution in [2.45, 2.75) is 12.5 Å². The van der Waals surface area contributed by atoms with Gasteiger partial charge in [0.25, 0.3) is 11.8 Å². The Balaban J connectivity index is 1.74. The van der Waals surface area contributed by atoms with Gasteiger partial charge in [-0.2, -0.15) is 0 Å². The van der Waals surface area contributed by atoms with Crippen molar-refractivity contribution in [1.29, 1.82) is 0 Å². The summed E-state index contributed by atoms with van der Waals surface area (Å²) in [4.78, 5) is 37.5. The number of ether oxygens (including phenoxy) is 2. The molecule has 2 N–H and O–H groups in total. The topological polar surface area (TPSA) is 105 Å². The van der Waals surface area contributed by atoms with Gasteiger partial charge >= 0.3 is 5.97 Å². The zero-order valence-corrected chi connectivity index (χ0v) is 15.2. The molecule has 2 amide bonds. The summed E-state index contributed by atoms with van der Waals surface area (Å²) in [6.45, 7) is -0.0608. The van der Waals surface area contributed by atoms with Crippen LogP contribution in [0, 0.1) is 0 Å². The first-order valence-corrected chi connectivity index (χ1v) is 8.84. The Labute approximate surface area is 164 Å². The van der Waals surface area contributed by atoms with Gasteiger partial charge in [0.15, 0.2) is 6.61 Å². The third-order valence-electron chi connectivity index (χ3n) is 4.47. The van der Waals surface area contributed by atoms with E-state index in [1.165, 1.54) is 11.0 Å². The van der Waals surface area contributed by atoms with Crippen molar-refractivity contribution >= 4 is 40.8 Å². The molecule has 9 heteroatoms. The second kappa shape index (κ2) is 7.05. The van der Waals surface area contributed by atoms with E-state index < -0.39 is 17.9 Å². The molecule has 0 saturated heterocycles. The molecular formula is C19H15ClN2O6. The van der Waals surface area contributed by atoms with Gasteiger partial charge in [0.05, 0.1) is 23.8 Å². The molecule has 0 unspecified atom stereocenters. The maximum Gasteiger partial charge on any atom is 0.305 e. The molecule has 2 aromatic carbocycles. The van der Waals surface area contributed by atoms with E-state index in [0.717, 1.165) is 0 Å². The molecule has 0 spiro atoms. The standard InChI is InChI=1S/C19H15ClN2O6/c20-11-2-3-14-16(6-11)27-8-12(7-18(24)25)22(14)19(26)10-1-4-15-13(5-10)21-17(23)9-28-15/h1-6,12H,7-9H2,(H,21,23)(H,24,25)/t12-/m1/s1. The van der Waals surface area contributed by atoms with E-state index in [4.69, 9.17) is 21.1 Å². The van der Waals surface area contributed by atoms with Gasteiger partial charge in [-0.15, -0.1) is 0 Å². The van der Waals surface area contributed by atoms with E-state index in [1.807, 2.05) is 0 Å². The van der Waals surface area contributed by atoms with Crippen LogP contribution in [0.3, 0.4) is 0 Å². The van der Waals surface area contributed by atoms with E-state index in [1.54, 1.807) is 30.3 Å². The lowest BCUT2D eigenvalue weighted by atomic mass is 10.1. The Bertz CT molecular complexity index is 992. The van der Waals surface area contributed by atoms with Gasteiger partial charge in [0.2, 0.25) is 0 Å². The fraction of sp³-hybridized carbons (Fsp3) is 0.211. The summed E-state index contributed by atoms with van der Waals surface area (Å²) in [5.74, 6) is -0.910. The minimum absolute atomic E-state index is 0.0240. The number of benzene rings is 2. The van der Waals surface area contributed by atoms with Gasteiger partial charge in [-0.3, -0.25) is 19.3 Å². The van der Waals surface area contributed by atoms with Crippen LogP contribution >= 0.6 is 11.6 Å². The number of fused-ring (bicyclic) bond motifs is 2. The molecule has 0 saturated carbocycles. The second-order valence-electron chi connectivity index (χ2n) is 6.40. The summed E-state index contributed by atoms with van der Waals surface area (Å²) < 4.78 is 10.9. The number of hydrogen-bond acceptors (Lipinski definition) is 5. The second-order valence-corrected chi connectivity index (χ2v) is 6.83. The van der Waals surface area contributed by atoms with Gasteiger partial charge in [-0.1, -0.05) is 11.6 Å². The number of rotatable bonds is 3. The zero-order valence-electron chi connectivity index (χ0n) is 14.5. The van der Waals surface area contributed by atoms with Crippen molar-refractivity contribution in [1.82, 2.24) is 0 Å². The van der Waals surface area contributed by atoms with Crippen LogP contribution in [-0.2, 0) is 9.59 Å². The van der Waals surface area contributed by atoms with Gasteiger partial charge in [0, 0.05) is 16.7 Å². The number of carboxylic acids is 1. The van der Waals surface area contributed by atoms with Crippen molar-refractivity contribution in [2.24, 2.45) is 0 Å². The third kappa shape index (κ3) is 3.34. The van der Waals surface area contributed by atoms with Crippen LogP contribution in [0.25, 0.3) is 0 Å². The molecule has 1 atom stereocenters. The summed E-state index contributed by atoms with van der Waals surface area (Å²) in [5, 5.41) is 12.3. The molecule has 2 aliphatic rings. The van der Waals surface area contributed by atoms with Gasteiger partial charge in [-0.25, -0.2) is 0 Å². The number of aliphatic carboxylic acids is 1. The largest absolute Gasteiger partial charge is 0.489 e. The molecule has 144 valence electrons. The van der Waals surface area contributed by atoms with Crippen LogP contribution in [0.1, 0.15) is 16.8 Å². The molecule has 0 fully saturated rings. The minimum Gasteiger partial charge on any atom is -0.489 e. The molecule has 2 aliphatic heterocycles. The predicted molar refractivity (Wildman–Crippen MR) is 100 cm³/mol. The van der Waals surface area contributed by atoms with Crippen molar-refractivity contribution in [3.8, 4) is 11.5 Å². The predicted octanol–water partition coefficient (Wildman–Crippen LogP) is 2.55. The van der Waals surface area contributed by atoms with Crippen LogP contribution in [0.15, 0.2) is 36.4 Å². The number of carbonyl (C=O) groups is 3. The molecule has 2 aromatic rings. The molecule has 0 aliphatic carbocycles. The Morgan fingerprint density at radius 2 is 2.00 bits per heavy atom. The molecule has 8 nitrogen and oxygen atoms in total. The number of anilines is 2. The first-order valence-electron chi connectivity index (χ1n) is 8.47. The summed E-state index contributed by atoms with van der Waals surface area (Å²) in [6.07, 6.45) is -0.279. The summed E-state index contributed by atoms with van der Waals surface area (Å²) >= 11 is 6.00. The van der Waals surface area contributed by atoms with Crippen molar-refractivity contribution in [3.05, 3.63) is 47.0 Å². The zero-order chi connectivity index (χ0) is 19.8. The van der Waals surface area contributed by atoms with E-state index in [2.05, 4.69) is 5.32 Å². The molecule has 0 bridgehead atoms. The van der Waals surface area contributed by atoms with Gasteiger partial charge in [-0.05, 0) is 30.3 Å². The third-order valence-corrected chi connectivity index (χ3v) is 4.70. The Morgan fingerprint density at radius 3 is 2.79 bits per heavy atom. The van der Waals surface area contributed by atoms with Crippen LogP contribution in [0.4, 0.5) is 11.4 Å². The van der Waals surface area contributed by atoms with Gasteiger partial charge in [0.1, 0.15) is 18.1 Å². The van der Waals surface area contributed by atoms with Gasteiger partial charge < -0.3 is 19.9 Å². The normalized spacial score (nSPS) is 17.5. The average molecular weight is 403 g/mol. The fourth-order valence-electron chi connectivity index (χ4n) is 3.24. The first kappa shape index (κ1) is 18.1. The van der Waals surface area contributed by atoms with Crippen LogP contribution < -0.4 is 19.7 Å². The Kier molecular flexibility index (Phi) is 4.56. The lowest BCUT2D eigenvalue weighted by molar-refractivity contribution is -0.137. The fourth-order valence-corrected chi connectivity index (χ4v) is 3.40. The molecule has 28 heavy (non-hydrogen) atoms. The molecular weight excluding hydrogens is 388 g/mol. The lowest BCUT2D eigenvalue weighted by Crippen LogP contribution is -2.48. The summed E-state index contributed by atoms with van der Waals surface area (Å²) in [5.41, 5.74) is 1.11. The molecule has 0 aromatic heterocycles. The number of nitrogens with zero attached hydrogens (tertiary/aromatic N) is 1. The van der Waals surface area contributed by atoms with E-state index in [0.29, 0.717) is 27.9 Å². The SMILES string of the molecule is O=C(O)C[C@@H]1COc2cc(Cl)ccc2N1C(=O)c1ccc2c(c1)NC(=O)CO2. The van der Waals surface area contributed by atoms with Crippen molar-refractivity contribution in [2.75, 3.05) is 23.4 Å². The van der Waals surface area contributed by atoms with Crippen molar-refractivity contribution < 1.29 is 29.0 Å². The van der Waals surface area contributed by atoms with E-state index in [9.17, 15) is 19.5 Å². The maximum absolute atomic E-state index is 13.3. The molecule has 4 rings (SSSR count). The molecule has 2 heterocycles. The monoisotopic (exact) mass is 402 g/mol. The van der Waals surface area contributed by atoms with Crippen LogP contribution in [-0.4, -0.2) is 42.1 Å².